The van der Waals surface area contributed by atoms with Crippen LogP contribution in [0.5, 0.6) is 0 Å². The first-order valence-corrected chi connectivity index (χ1v) is 6.94. The van der Waals surface area contributed by atoms with Gasteiger partial charge in [-0.15, -0.1) is 0 Å². The second kappa shape index (κ2) is 5.17. The molecule has 0 radical (unpaired) electrons. The number of nitrogens with two attached hydrogens (primary N) is 1. The van der Waals surface area contributed by atoms with Gasteiger partial charge in [0.1, 0.15) is 0 Å². The fourth-order valence-corrected chi connectivity index (χ4v) is 2.67. The van der Waals surface area contributed by atoms with E-state index in [0.29, 0.717) is 12.5 Å². The molecule has 0 spiro atoms. The van der Waals surface area contributed by atoms with E-state index < -0.39 is 0 Å². The van der Waals surface area contributed by atoms with Crippen LogP contribution in [0.1, 0.15) is 17.2 Å². The Labute approximate surface area is 123 Å². The molecule has 2 aromatic rings. The van der Waals surface area contributed by atoms with Gasteiger partial charge in [0, 0.05) is 10.7 Å². The van der Waals surface area contributed by atoms with Crippen molar-refractivity contribution in [2.24, 2.45) is 10.7 Å². The molecule has 0 aromatic heterocycles. The Morgan fingerprint density at radius 2 is 1.95 bits per heavy atom. The molecule has 0 saturated heterocycles. The lowest BCUT2D eigenvalue weighted by Gasteiger charge is -2.27. The Kier molecular flexibility index (Phi) is 3.36. The van der Waals surface area contributed by atoms with E-state index in [-0.39, 0.29) is 6.04 Å². The molecule has 0 saturated carbocycles. The van der Waals surface area contributed by atoms with E-state index in [4.69, 9.17) is 17.3 Å². The van der Waals surface area contributed by atoms with Crippen molar-refractivity contribution in [3.63, 3.8) is 0 Å². The summed E-state index contributed by atoms with van der Waals surface area (Å²) in [4.78, 5) is 6.45. The van der Waals surface area contributed by atoms with Crippen molar-refractivity contribution in [2.75, 3.05) is 11.4 Å². The molecule has 4 heteroatoms. The normalized spacial score (nSPS) is 18.2. The van der Waals surface area contributed by atoms with Gasteiger partial charge in [-0.2, -0.15) is 0 Å². The fourth-order valence-electron chi connectivity index (χ4n) is 2.54. The van der Waals surface area contributed by atoms with Crippen LogP contribution in [0.3, 0.4) is 0 Å². The number of guanidine groups is 1. The highest BCUT2D eigenvalue weighted by molar-refractivity contribution is 6.30. The maximum Gasteiger partial charge on any atom is 0.196 e. The molecule has 2 aromatic carbocycles. The lowest BCUT2D eigenvalue weighted by molar-refractivity contribution is 0.768. The second-order valence-electron chi connectivity index (χ2n) is 4.98. The molecule has 3 nitrogen and oxygen atoms in total. The molecule has 0 bridgehead atoms. The number of hydrogen-bond acceptors (Lipinski definition) is 3. The molecule has 1 aliphatic heterocycles. The molecule has 1 heterocycles. The highest BCUT2D eigenvalue weighted by atomic mass is 35.5. The van der Waals surface area contributed by atoms with E-state index >= 15 is 0 Å². The minimum absolute atomic E-state index is 0.149. The van der Waals surface area contributed by atoms with Gasteiger partial charge in [-0.1, -0.05) is 41.4 Å². The predicted octanol–water partition coefficient (Wildman–Crippen LogP) is 3.52. The molecule has 1 atom stereocenters. The van der Waals surface area contributed by atoms with E-state index in [0.717, 1.165) is 10.7 Å². The molecule has 0 fully saturated rings. The largest absolute Gasteiger partial charge is 0.369 e. The van der Waals surface area contributed by atoms with Gasteiger partial charge in [-0.25, -0.2) is 0 Å². The third-order valence-corrected chi connectivity index (χ3v) is 3.77. The molecule has 0 amide bonds. The summed E-state index contributed by atoms with van der Waals surface area (Å²) in [5, 5.41) is 0.718. The molecule has 20 heavy (non-hydrogen) atoms. The number of rotatable bonds is 2. The first-order valence-electron chi connectivity index (χ1n) is 6.56. The van der Waals surface area contributed by atoms with Crippen LogP contribution in [0, 0.1) is 6.92 Å². The lowest BCUT2D eigenvalue weighted by Crippen LogP contribution is -2.36. The van der Waals surface area contributed by atoms with Crippen molar-refractivity contribution in [2.45, 2.75) is 13.0 Å². The van der Waals surface area contributed by atoms with Crippen LogP contribution in [0.2, 0.25) is 5.02 Å². The third kappa shape index (κ3) is 2.37. The summed E-state index contributed by atoms with van der Waals surface area (Å²) in [5.41, 5.74) is 9.54. The van der Waals surface area contributed by atoms with Gasteiger partial charge >= 0.3 is 0 Å². The summed E-state index contributed by atoms with van der Waals surface area (Å²) in [6.07, 6.45) is 0. The summed E-state index contributed by atoms with van der Waals surface area (Å²) in [5.74, 6) is 0.554. The Morgan fingerprint density at radius 3 is 2.65 bits per heavy atom. The molecule has 2 N–H and O–H groups in total. The van der Waals surface area contributed by atoms with Crippen molar-refractivity contribution in [1.82, 2.24) is 0 Å². The number of benzene rings is 2. The Hall–Kier alpha value is -2.00. The Balaban J connectivity index is 1.98. The minimum Gasteiger partial charge on any atom is -0.369 e. The Bertz CT molecular complexity index is 649. The van der Waals surface area contributed by atoms with E-state index in [1.165, 1.54) is 11.1 Å². The lowest BCUT2D eigenvalue weighted by atomic mass is 10.0. The first kappa shape index (κ1) is 13.0. The van der Waals surface area contributed by atoms with E-state index in [1.54, 1.807) is 0 Å². The monoisotopic (exact) mass is 285 g/mol. The highest BCUT2D eigenvalue weighted by Gasteiger charge is 2.28. The van der Waals surface area contributed by atoms with Gasteiger partial charge in [0.2, 0.25) is 0 Å². The zero-order valence-electron chi connectivity index (χ0n) is 11.3. The second-order valence-corrected chi connectivity index (χ2v) is 5.41. The van der Waals surface area contributed by atoms with Crippen molar-refractivity contribution >= 4 is 23.2 Å². The average molecular weight is 286 g/mol. The van der Waals surface area contributed by atoms with Crippen molar-refractivity contribution in [3.8, 4) is 0 Å². The molecule has 3 rings (SSSR count). The molecule has 0 aliphatic carbocycles. The van der Waals surface area contributed by atoms with Crippen molar-refractivity contribution in [1.29, 1.82) is 0 Å². The minimum atomic E-state index is 0.149. The van der Waals surface area contributed by atoms with Crippen LogP contribution in [-0.2, 0) is 0 Å². The molecular weight excluding hydrogens is 270 g/mol. The predicted molar refractivity (Wildman–Crippen MR) is 84.3 cm³/mol. The molecule has 102 valence electrons. The summed E-state index contributed by atoms with van der Waals surface area (Å²) >= 11 is 5.95. The molecular formula is C16H16ClN3. The van der Waals surface area contributed by atoms with Crippen LogP contribution in [0.15, 0.2) is 53.5 Å². The van der Waals surface area contributed by atoms with Gasteiger partial charge in [-0.3, -0.25) is 4.99 Å². The van der Waals surface area contributed by atoms with Crippen LogP contribution in [0.25, 0.3) is 0 Å². The summed E-state index contributed by atoms with van der Waals surface area (Å²) in [6, 6.07) is 16.3. The fraction of sp³-hybridized carbons (Fsp3) is 0.188. The van der Waals surface area contributed by atoms with Crippen molar-refractivity contribution < 1.29 is 0 Å². The quantitative estimate of drug-likeness (QED) is 0.917. The SMILES string of the molecule is Cc1cccc(C2CN=C(N)N2c2ccc(Cl)cc2)c1. The van der Waals surface area contributed by atoms with E-state index in [1.807, 2.05) is 24.3 Å². The van der Waals surface area contributed by atoms with E-state index in [9.17, 15) is 0 Å². The standard InChI is InChI=1S/C16H16ClN3/c1-11-3-2-4-12(9-11)15-10-19-16(18)20(15)14-7-5-13(17)6-8-14/h2-9,15H,10H2,1H3,(H2,18,19). The first-order chi connectivity index (χ1) is 9.65. The number of aliphatic imine (C=N–C) groups is 1. The van der Waals surface area contributed by atoms with Crippen molar-refractivity contribution in [3.05, 3.63) is 64.7 Å². The zero-order chi connectivity index (χ0) is 14.1. The maximum absolute atomic E-state index is 6.06. The van der Waals surface area contributed by atoms with Crippen LogP contribution in [-0.4, -0.2) is 12.5 Å². The number of nitrogens with zero attached hydrogens (tertiary/aromatic N) is 2. The highest BCUT2D eigenvalue weighted by Crippen LogP contribution is 2.31. The van der Waals surface area contributed by atoms with Crippen LogP contribution in [0.4, 0.5) is 5.69 Å². The topological polar surface area (TPSA) is 41.6 Å². The number of aryl methyl sites for hydroxylation is 1. The molecule has 1 aliphatic rings. The van der Waals surface area contributed by atoms with Gasteiger partial charge in [0.15, 0.2) is 5.96 Å². The maximum atomic E-state index is 6.06. The van der Waals surface area contributed by atoms with Gasteiger partial charge in [0.05, 0.1) is 12.6 Å². The Morgan fingerprint density at radius 1 is 1.20 bits per heavy atom. The number of hydrogen-bond donors (Lipinski definition) is 1. The smallest absolute Gasteiger partial charge is 0.196 e. The third-order valence-electron chi connectivity index (χ3n) is 3.52. The van der Waals surface area contributed by atoms with Gasteiger partial charge in [-0.05, 0) is 36.8 Å². The molecule has 1 unspecified atom stereocenters. The van der Waals surface area contributed by atoms with Crippen LogP contribution < -0.4 is 10.6 Å². The number of halogens is 1. The van der Waals surface area contributed by atoms with E-state index in [2.05, 4.69) is 41.1 Å². The van der Waals surface area contributed by atoms with Crippen LogP contribution >= 0.6 is 11.6 Å². The summed E-state index contributed by atoms with van der Waals surface area (Å²) in [6.45, 7) is 2.77. The summed E-state index contributed by atoms with van der Waals surface area (Å²) in [7, 11) is 0. The van der Waals surface area contributed by atoms with Gasteiger partial charge in [0.25, 0.3) is 0 Å². The number of anilines is 1. The van der Waals surface area contributed by atoms with Gasteiger partial charge < -0.3 is 10.6 Å². The average Bonchev–Trinajstić information content (AvgIpc) is 2.82. The zero-order valence-corrected chi connectivity index (χ0v) is 12.0. The summed E-state index contributed by atoms with van der Waals surface area (Å²) < 4.78 is 0.